The van der Waals surface area contributed by atoms with E-state index in [1.54, 1.807) is 42.6 Å². The second kappa shape index (κ2) is 8.02. The average Bonchev–Trinajstić information content (AvgIpc) is 2.69. The summed E-state index contributed by atoms with van der Waals surface area (Å²) >= 11 is 0. The molecule has 0 saturated carbocycles. The number of benzene rings is 2. The lowest BCUT2D eigenvalue weighted by atomic mass is 10.2. The summed E-state index contributed by atoms with van der Waals surface area (Å²) in [6.45, 7) is 0. The van der Waals surface area contributed by atoms with Crippen LogP contribution in [0.1, 0.15) is 15.9 Å². The molecule has 134 valence electrons. The van der Waals surface area contributed by atoms with Crippen LogP contribution in [-0.4, -0.2) is 25.0 Å². The molecule has 6 heteroatoms. The molecule has 27 heavy (non-hydrogen) atoms. The number of hydrogen-bond acceptors (Lipinski definition) is 5. The third-order valence-electron chi connectivity index (χ3n) is 3.95. The number of rotatable bonds is 5. The number of nitrogens with zero attached hydrogens (tertiary/aromatic N) is 3. The molecule has 0 unspecified atom stereocenters. The van der Waals surface area contributed by atoms with E-state index in [0.29, 0.717) is 22.6 Å². The van der Waals surface area contributed by atoms with Crippen LogP contribution in [-0.2, 0) is 0 Å². The van der Waals surface area contributed by atoms with Crippen LogP contribution >= 0.6 is 0 Å². The van der Waals surface area contributed by atoms with Gasteiger partial charge in [0.25, 0.3) is 5.91 Å². The van der Waals surface area contributed by atoms with E-state index in [2.05, 4.69) is 15.6 Å². The van der Waals surface area contributed by atoms with Crippen molar-refractivity contribution in [3.05, 3.63) is 78.0 Å². The molecule has 6 nitrogen and oxygen atoms in total. The second-order valence-electron chi connectivity index (χ2n) is 6.14. The molecule has 3 rings (SSSR count). The van der Waals surface area contributed by atoms with Crippen LogP contribution in [0.2, 0.25) is 0 Å². The zero-order valence-electron chi connectivity index (χ0n) is 15.1. The van der Waals surface area contributed by atoms with E-state index >= 15 is 0 Å². The van der Waals surface area contributed by atoms with Crippen molar-refractivity contribution in [2.45, 2.75) is 0 Å². The lowest BCUT2D eigenvalue weighted by Gasteiger charge is -2.13. The highest BCUT2D eigenvalue weighted by molar-refractivity contribution is 6.04. The summed E-state index contributed by atoms with van der Waals surface area (Å²) in [5.41, 5.74) is 3.65. The molecule has 0 atom stereocenters. The summed E-state index contributed by atoms with van der Waals surface area (Å²) in [6.07, 6.45) is 1.59. The van der Waals surface area contributed by atoms with Crippen molar-refractivity contribution in [3.8, 4) is 6.07 Å². The minimum Gasteiger partial charge on any atom is -0.378 e. The normalized spacial score (nSPS) is 9.96. The van der Waals surface area contributed by atoms with Gasteiger partial charge in [-0.15, -0.1) is 0 Å². The maximum Gasteiger partial charge on any atom is 0.255 e. The molecule has 0 radical (unpaired) electrons. The Labute approximate surface area is 158 Å². The maximum atomic E-state index is 12.5. The fourth-order valence-electron chi connectivity index (χ4n) is 2.46. The lowest BCUT2D eigenvalue weighted by molar-refractivity contribution is 0.102. The number of anilines is 4. The molecule has 0 saturated heterocycles. The van der Waals surface area contributed by atoms with Gasteiger partial charge in [0.15, 0.2) is 0 Å². The average molecular weight is 357 g/mol. The smallest absolute Gasteiger partial charge is 0.255 e. The highest BCUT2D eigenvalue weighted by Crippen LogP contribution is 2.20. The summed E-state index contributed by atoms with van der Waals surface area (Å²) in [7, 11) is 3.97. The van der Waals surface area contributed by atoms with Gasteiger partial charge >= 0.3 is 0 Å². The molecule has 0 aliphatic heterocycles. The van der Waals surface area contributed by atoms with Crippen molar-refractivity contribution in [3.63, 3.8) is 0 Å². The predicted molar refractivity (Wildman–Crippen MR) is 107 cm³/mol. The summed E-state index contributed by atoms with van der Waals surface area (Å²) in [5.74, 6) is 0.341. The molecule has 0 fully saturated rings. The van der Waals surface area contributed by atoms with Gasteiger partial charge < -0.3 is 15.5 Å². The minimum absolute atomic E-state index is 0.242. The Morgan fingerprint density at radius 2 is 1.67 bits per heavy atom. The van der Waals surface area contributed by atoms with E-state index in [9.17, 15) is 4.79 Å². The molecule has 1 aromatic heterocycles. The van der Waals surface area contributed by atoms with Crippen LogP contribution in [0.5, 0.6) is 0 Å². The van der Waals surface area contributed by atoms with Crippen LogP contribution in [0.4, 0.5) is 22.9 Å². The van der Waals surface area contributed by atoms with Crippen molar-refractivity contribution < 1.29 is 4.79 Å². The van der Waals surface area contributed by atoms with Gasteiger partial charge in [-0.25, -0.2) is 4.98 Å². The van der Waals surface area contributed by atoms with E-state index in [1.807, 2.05) is 49.3 Å². The fraction of sp³-hybridized carbons (Fsp3) is 0.0952. The summed E-state index contributed by atoms with van der Waals surface area (Å²) in [4.78, 5) is 18.7. The number of hydrogen-bond donors (Lipinski definition) is 2. The predicted octanol–water partition coefficient (Wildman–Crippen LogP) is 4.02. The number of nitriles is 1. The van der Waals surface area contributed by atoms with Crippen LogP contribution in [0, 0.1) is 11.3 Å². The molecule has 1 heterocycles. The Hall–Kier alpha value is -3.85. The van der Waals surface area contributed by atoms with Gasteiger partial charge in [0, 0.05) is 42.9 Å². The molecule has 0 aliphatic carbocycles. The van der Waals surface area contributed by atoms with E-state index in [-0.39, 0.29) is 5.91 Å². The standard InChI is InChI=1S/C21H19N5O/c1-26(2)19-9-7-17(8-10-19)24-20-13-16(11-12-23-20)21(27)25-18-5-3-15(14-22)4-6-18/h3-13H,1-2H3,(H,23,24)(H,25,27). The molecule has 0 spiro atoms. The zero-order chi connectivity index (χ0) is 19.2. The Balaban J connectivity index is 1.70. The van der Waals surface area contributed by atoms with Crippen LogP contribution in [0.25, 0.3) is 0 Å². The van der Waals surface area contributed by atoms with Crippen molar-refractivity contribution in [1.82, 2.24) is 4.98 Å². The fourth-order valence-corrected chi connectivity index (χ4v) is 2.46. The van der Waals surface area contributed by atoms with Crippen LogP contribution in [0.3, 0.4) is 0 Å². The van der Waals surface area contributed by atoms with Gasteiger partial charge in [-0.2, -0.15) is 5.26 Å². The monoisotopic (exact) mass is 357 g/mol. The van der Waals surface area contributed by atoms with Crippen molar-refractivity contribution in [1.29, 1.82) is 5.26 Å². The number of carbonyl (C=O) groups is 1. The molecule has 0 aliphatic rings. The molecule has 0 bridgehead atoms. The number of nitrogens with one attached hydrogen (secondary N) is 2. The maximum absolute atomic E-state index is 12.5. The first-order chi connectivity index (χ1) is 13.0. The van der Waals surface area contributed by atoms with E-state index in [4.69, 9.17) is 5.26 Å². The van der Waals surface area contributed by atoms with Gasteiger partial charge in [0.2, 0.25) is 0 Å². The second-order valence-corrected chi connectivity index (χ2v) is 6.14. The SMILES string of the molecule is CN(C)c1ccc(Nc2cc(C(=O)Nc3ccc(C#N)cc3)ccn2)cc1. The van der Waals surface area contributed by atoms with Gasteiger partial charge in [-0.3, -0.25) is 4.79 Å². The molecule has 2 N–H and O–H groups in total. The quantitative estimate of drug-likeness (QED) is 0.721. The van der Waals surface area contributed by atoms with Crippen LogP contribution < -0.4 is 15.5 Å². The van der Waals surface area contributed by atoms with Gasteiger partial charge in [-0.1, -0.05) is 0 Å². The Morgan fingerprint density at radius 3 is 2.30 bits per heavy atom. The van der Waals surface area contributed by atoms with E-state index in [1.165, 1.54) is 0 Å². The number of amides is 1. The highest BCUT2D eigenvalue weighted by Gasteiger charge is 2.08. The topological polar surface area (TPSA) is 81.0 Å². The van der Waals surface area contributed by atoms with Crippen LogP contribution in [0.15, 0.2) is 66.9 Å². The third kappa shape index (κ3) is 4.61. The highest BCUT2D eigenvalue weighted by atomic mass is 16.1. The minimum atomic E-state index is -0.242. The number of pyridine rings is 1. The Bertz CT molecular complexity index is 973. The zero-order valence-corrected chi connectivity index (χ0v) is 15.1. The summed E-state index contributed by atoms with van der Waals surface area (Å²) in [6, 6.07) is 20.0. The van der Waals surface area contributed by atoms with E-state index in [0.717, 1.165) is 11.4 Å². The molecule has 1 amide bonds. The summed E-state index contributed by atoms with van der Waals surface area (Å²) in [5, 5.41) is 14.8. The first kappa shape index (κ1) is 18.0. The van der Waals surface area contributed by atoms with E-state index < -0.39 is 0 Å². The third-order valence-corrected chi connectivity index (χ3v) is 3.95. The molecular formula is C21H19N5O. The first-order valence-corrected chi connectivity index (χ1v) is 8.37. The molecule has 3 aromatic rings. The molecule has 2 aromatic carbocycles. The van der Waals surface area contributed by atoms with Gasteiger partial charge in [-0.05, 0) is 60.7 Å². The van der Waals surface area contributed by atoms with Crippen molar-refractivity contribution in [2.24, 2.45) is 0 Å². The lowest BCUT2D eigenvalue weighted by Crippen LogP contribution is -2.12. The molecular weight excluding hydrogens is 338 g/mol. The Morgan fingerprint density at radius 1 is 1.00 bits per heavy atom. The van der Waals surface area contributed by atoms with Gasteiger partial charge in [0.05, 0.1) is 11.6 Å². The number of aromatic nitrogens is 1. The number of carbonyl (C=O) groups excluding carboxylic acids is 1. The largest absolute Gasteiger partial charge is 0.378 e. The first-order valence-electron chi connectivity index (χ1n) is 8.37. The Kier molecular flexibility index (Phi) is 5.33. The van der Waals surface area contributed by atoms with Gasteiger partial charge in [0.1, 0.15) is 5.82 Å². The van der Waals surface area contributed by atoms with Crippen molar-refractivity contribution in [2.75, 3.05) is 29.6 Å². The summed E-state index contributed by atoms with van der Waals surface area (Å²) < 4.78 is 0. The van der Waals surface area contributed by atoms with Crippen molar-refractivity contribution >= 4 is 28.8 Å².